The van der Waals surface area contributed by atoms with Crippen LogP contribution in [0.25, 0.3) is 0 Å². The molecule has 0 bridgehead atoms. The molecule has 1 aromatic carbocycles. The van der Waals surface area contributed by atoms with Crippen LogP contribution >= 0.6 is 0 Å². The summed E-state index contributed by atoms with van der Waals surface area (Å²) in [4.78, 5) is 16.6. The lowest BCUT2D eigenvalue weighted by molar-refractivity contribution is -0.133. The third kappa shape index (κ3) is 4.55. The van der Waals surface area contributed by atoms with E-state index in [2.05, 4.69) is 35.2 Å². The highest BCUT2D eigenvalue weighted by Crippen LogP contribution is 2.20. The Morgan fingerprint density at radius 1 is 1.36 bits per heavy atom. The first-order valence-corrected chi connectivity index (χ1v) is 8.44. The van der Waals surface area contributed by atoms with Crippen molar-refractivity contribution in [2.24, 2.45) is 5.73 Å². The zero-order valence-electron chi connectivity index (χ0n) is 13.9. The number of piperidine rings is 1. The zero-order valence-corrected chi connectivity index (χ0v) is 13.9. The molecule has 0 unspecified atom stereocenters. The number of rotatable bonds is 6. The number of likely N-dealkylation sites (N-methyl/N-ethyl adjacent to an activating group) is 1. The van der Waals surface area contributed by atoms with Crippen LogP contribution in [0.15, 0.2) is 30.3 Å². The first-order valence-electron chi connectivity index (χ1n) is 8.44. The highest BCUT2D eigenvalue weighted by atomic mass is 16.2. The lowest BCUT2D eigenvalue weighted by Crippen LogP contribution is -2.50. The van der Waals surface area contributed by atoms with Gasteiger partial charge in [-0.2, -0.15) is 0 Å². The Labute approximate surface area is 134 Å². The molecule has 1 fully saturated rings. The van der Waals surface area contributed by atoms with Gasteiger partial charge in [-0.15, -0.1) is 0 Å². The van der Waals surface area contributed by atoms with Crippen LogP contribution in [-0.4, -0.2) is 47.4 Å². The minimum Gasteiger partial charge on any atom is -0.340 e. The summed E-state index contributed by atoms with van der Waals surface area (Å²) in [6.45, 7) is 7.41. The predicted octanol–water partition coefficient (Wildman–Crippen LogP) is 2.24. The second-order valence-electron chi connectivity index (χ2n) is 6.27. The van der Waals surface area contributed by atoms with E-state index in [-0.39, 0.29) is 5.91 Å². The fourth-order valence-electron chi connectivity index (χ4n) is 3.21. The SMILES string of the molecule is CCN(C[C@H]1CCCCN1Cc1ccccc1)C(=O)[C@H](C)N. The number of likely N-dealkylation sites (tertiary alicyclic amines) is 1. The first kappa shape index (κ1) is 17.0. The molecular weight excluding hydrogens is 274 g/mol. The van der Waals surface area contributed by atoms with Gasteiger partial charge in [0.2, 0.25) is 5.91 Å². The van der Waals surface area contributed by atoms with Crippen molar-refractivity contribution in [1.82, 2.24) is 9.80 Å². The number of carbonyl (C=O) groups is 1. The Morgan fingerprint density at radius 2 is 2.09 bits per heavy atom. The van der Waals surface area contributed by atoms with Crippen molar-refractivity contribution in [3.8, 4) is 0 Å². The predicted molar refractivity (Wildman–Crippen MR) is 90.4 cm³/mol. The van der Waals surface area contributed by atoms with E-state index in [1.165, 1.54) is 18.4 Å². The zero-order chi connectivity index (χ0) is 15.9. The molecule has 2 atom stereocenters. The van der Waals surface area contributed by atoms with Gasteiger partial charge in [0.1, 0.15) is 0 Å². The van der Waals surface area contributed by atoms with Gasteiger partial charge < -0.3 is 10.6 Å². The van der Waals surface area contributed by atoms with Crippen LogP contribution in [0.3, 0.4) is 0 Å². The number of amides is 1. The van der Waals surface area contributed by atoms with Gasteiger partial charge in [-0.05, 0) is 38.8 Å². The van der Waals surface area contributed by atoms with E-state index < -0.39 is 6.04 Å². The average molecular weight is 303 g/mol. The summed E-state index contributed by atoms with van der Waals surface area (Å²) in [5.74, 6) is 0.0627. The summed E-state index contributed by atoms with van der Waals surface area (Å²) in [7, 11) is 0. The molecule has 22 heavy (non-hydrogen) atoms. The molecule has 2 rings (SSSR count). The summed E-state index contributed by atoms with van der Waals surface area (Å²) in [5, 5.41) is 0. The topological polar surface area (TPSA) is 49.6 Å². The van der Waals surface area contributed by atoms with Gasteiger partial charge in [0, 0.05) is 25.7 Å². The van der Waals surface area contributed by atoms with Crippen molar-refractivity contribution >= 4 is 5.91 Å². The smallest absolute Gasteiger partial charge is 0.239 e. The lowest BCUT2D eigenvalue weighted by Gasteiger charge is -2.39. The molecule has 1 saturated heterocycles. The molecule has 4 nitrogen and oxygen atoms in total. The maximum atomic E-state index is 12.2. The van der Waals surface area contributed by atoms with Crippen molar-refractivity contribution in [1.29, 1.82) is 0 Å². The van der Waals surface area contributed by atoms with Gasteiger partial charge in [-0.1, -0.05) is 36.8 Å². The fraction of sp³-hybridized carbons (Fsp3) is 0.611. The Kier molecular flexibility index (Phi) is 6.40. The largest absolute Gasteiger partial charge is 0.340 e. The van der Waals surface area contributed by atoms with Gasteiger partial charge in [0.25, 0.3) is 0 Å². The van der Waals surface area contributed by atoms with Crippen LogP contribution in [0, 0.1) is 0 Å². The first-order chi connectivity index (χ1) is 10.6. The maximum absolute atomic E-state index is 12.2. The van der Waals surface area contributed by atoms with Crippen LogP contribution in [0.1, 0.15) is 38.7 Å². The number of hydrogen-bond acceptors (Lipinski definition) is 3. The van der Waals surface area contributed by atoms with Crippen LogP contribution in [-0.2, 0) is 11.3 Å². The van der Waals surface area contributed by atoms with Crippen molar-refractivity contribution in [2.75, 3.05) is 19.6 Å². The molecule has 0 spiro atoms. The number of benzene rings is 1. The molecule has 4 heteroatoms. The number of nitrogens with zero attached hydrogens (tertiary/aromatic N) is 2. The molecule has 1 aliphatic heterocycles. The van der Waals surface area contributed by atoms with E-state index in [1.54, 1.807) is 6.92 Å². The number of nitrogens with two attached hydrogens (primary N) is 1. The molecule has 1 heterocycles. The summed E-state index contributed by atoms with van der Waals surface area (Å²) < 4.78 is 0. The third-order valence-electron chi connectivity index (χ3n) is 4.49. The molecule has 1 amide bonds. The standard InChI is InChI=1S/C18H29N3O/c1-3-20(18(22)15(2)19)14-17-11-7-8-12-21(17)13-16-9-5-4-6-10-16/h4-6,9-10,15,17H,3,7-8,11-14,19H2,1-2H3/t15-,17+/m0/s1. The van der Waals surface area contributed by atoms with E-state index in [0.29, 0.717) is 6.04 Å². The molecule has 0 radical (unpaired) electrons. The number of carbonyl (C=O) groups excluding carboxylic acids is 1. The second-order valence-corrected chi connectivity index (χ2v) is 6.27. The summed E-state index contributed by atoms with van der Waals surface area (Å²) in [5.41, 5.74) is 7.11. The van der Waals surface area contributed by atoms with Gasteiger partial charge in [-0.3, -0.25) is 9.69 Å². The van der Waals surface area contributed by atoms with Crippen LogP contribution in [0.5, 0.6) is 0 Å². The van der Waals surface area contributed by atoms with E-state index in [9.17, 15) is 4.79 Å². The Morgan fingerprint density at radius 3 is 2.73 bits per heavy atom. The molecule has 2 N–H and O–H groups in total. The highest BCUT2D eigenvalue weighted by Gasteiger charge is 2.26. The van der Waals surface area contributed by atoms with Gasteiger partial charge in [-0.25, -0.2) is 0 Å². The molecule has 1 aliphatic rings. The lowest BCUT2D eigenvalue weighted by atomic mass is 10.00. The molecule has 0 aromatic heterocycles. The third-order valence-corrected chi connectivity index (χ3v) is 4.49. The maximum Gasteiger partial charge on any atom is 0.239 e. The minimum absolute atomic E-state index is 0.0627. The van der Waals surface area contributed by atoms with E-state index in [1.807, 2.05) is 11.8 Å². The monoisotopic (exact) mass is 303 g/mol. The van der Waals surface area contributed by atoms with E-state index in [0.717, 1.165) is 32.6 Å². The van der Waals surface area contributed by atoms with Crippen LogP contribution in [0.4, 0.5) is 0 Å². The van der Waals surface area contributed by atoms with Gasteiger partial charge >= 0.3 is 0 Å². The summed E-state index contributed by atoms with van der Waals surface area (Å²) in [6.07, 6.45) is 3.66. The van der Waals surface area contributed by atoms with Gasteiger partial charge in [0.05, 0.1) is 6.04 Å². The molecule has 1 aromatic rings. The van der Waals surface area contributed by atoms with Crippen LogP contribution < -0.4 is 5.73 Å². The van der Waals surface area contributed by atoms with Gasteiger partial charge in [0.15, 0.2) is 0 Å². The van der Waals surface area contributed by atoms with E-state index >= 15 is 0 Å². The van der Waals surface area contributed by atoms with Crippen molar-refractivity contribution in [3.63, 3.8) is 0 Å². The Balaban J connectivity index is 2.01. The minimum atomic E-state index is -0.411. The van der Waals surface area contributed by atoms with Crippen LogP contribution in [0.2, 0.25) is 0 Å². The van der Waals surface area contributed by atoms with Crippen molar-refractivity contribution in [3.05, 3.63) is 35.9 Å². The number of hydrogen-bond donors (Lipinski definition) is 1. The molecular formula is C18H29N3O. The Hall–Kier alpha value is -1.39. The average Bonchev–Trinajstić information content (AvgIpc) is 2.54. The molecule has 122 valence electrons. The molecule has 0 saturated carbocycles. The molecule has 0 aliphatic carbocycles. The summed E-state index contributed by atoms with van der Waals surface area (Å²) in [6, 6.07) is 10.6. The van der Waals surface area contributed by atoms with Crippen molar-refractivity contribution < 1.29 is 4.79 Å². The quantitative estimate of drug-likeness (QED) is 0.877. The summed E-state index contributed by atoms with van der Waals surface area (Å²) >= 11 is 0. The Bertz CT molecular complexity index is 461. The fourth-order valence-corrected chi connectivity index (χ4v) is 3.21. The van der Waals surface area contributed by atoms with E-state index in [4.69, 9.17) is 5.73 Å². The van der Waals surface area contributed by atoms with Crippen molar-refractivity contribution in [2.45, 2.75) is 51.7 Å². The normalized spacial score (nSPS) is 20.6. The highest BCUT2D eigenvalue weighted by molar-refractivity contribution is 5.81. The second kappa shape index (κ2) is 8.30.